The molecule has 44 atom stereocenters. The van der Waals surface area contributed by atoms with Gasteiger partial charge >= 0.3 is 68.4 Å². The van der Waals surface area contributed by atoms with Crippen LogP contribution in [0.5, 0.6) is 0 Å². The quantitative estimate of drug-likeness (QED) is 0.0877. The second kappa shape index (κ2) is 28.6. The number of aliphatic hydroxyl groups is 6. The molecule has 0 aromatic heterocycles. The number of carbonyl (C=O) groups is 5. The molecular weight excluding hydrogens is 2270 g/mol. The third-order valence-electron chi connectivity index (χ3n) is 45.0. The number of ether oxygens (including phenoxy) is 3. The average Bonchev–Trinajstić information content (AvgIpc) is 1.50. The van der Waals surface area contributed by atoms with Crippen molar-refractivity contribution in [2.45, 2.75) is 320 Å². The Morgan fingerprint density at radius 2 is 0.701 bits per heavy atom. The molecule has 27 aliphatic rings. The first kappa shape index (κ1) is 87.1. The van der Waals surface area contributed by atoms with E-state index in [1.165, 1.54) is 75.4 Å². The molecule has 14 nitrogen and oxygen atoms in total. The predicted molar refractivity (Wildman–Crippen MR) is 493 cm³/mol. The summed E-state index contributed by atoms with van der Waals surface area (Å²) < 4.78 is 18.6. The summed E-state index contributed by atoms with van der Waals surface area (Å²) in [5.74, 6) is 19.4. The van der Waals surface area contributed by atoms with Crippen LogP contribution in [-0.4, -0.2) is 113 Å². The molecule has 3 heterocycles. The second-order valence-electron chi connectivity index (χ2n) is 47.6. The van der Waals surface area contributed by atoms with E-state index in [9.17, 15) is 54.6 Å². The van der Waals surface area contributed by atoms with Crippen molar-refractivity contribution in [1.29, 1.82) is 0 Å². The molecule has 25 fully saturated rings. The molecule has 0 radical (unpaired) electrons. The molecule has 24 aliphatic carbocycles. The Morgan fingerprint density at radius 3 is 1.06 bits per heavy atom. The Kier molecular flexibility index (Phi) is 21.3. The predicted octanol–water partition coefficient (Wildman–Crippen LogP) is 16.4. The summed E-state index contributed by atoms with van der Waals surface area (Å²) in [5, 5.41) is 65.7. The van der Waals surface area contributed by atoms with Crippen molar-refractivity contribution < 1.29 is 82.1 Å². The third kappa shape index (κ3) is 11.3. The summed E-state index contributed by atoms with van der Waals surface area (Å²) in [6.07, 6.45) is 37.4. The number of rotatable bonds is 3. The van der Waals surface area contributed by atoms with E-state index in [0.29, 0.717) is 164 Å². The van der Waals surface area contributed by atoms with Crippen molar-refractivity contribution in [3.8, 4) is 0 Å². The van der Waals surface area contributed by atoms with Crippen LogP contribution >= 0.6 is 122 Å². The molecule has 22 saturated carbocycles. The number of hydrogen-bond donors (Lipinski definition) is 6. The van der Waals surface area contributed by atoms with Gasteiger partial charge in [0.25, 0.3) is 0 Å². The fraction of sp³-hybridized carbons (Fsp3) is 0.906. The first-order valence-electron chi connectivity index (χ1n) is 47.0. The van der Waals surface area contributed by atoms with Gasteiger partial charge in [0, 0.05) is 123 Å². The number of esters is 3. The number of carbonyl (C=O) groups excluding carboxylic acids is 5. The zero-order valence-electron chi connectivity index (χ0n) is 70.4. The summed E-state index contributed by atoms with van der Waals surface area (Å²) in [4.78, 5) is 60.8. The molecule has 0 aromatic carbocycles. The van der Waals surface area contributed by atoms with Crippen molar-refractivity contribution in [3.63, 3.8) is 0 Å². The molecule has 3 saturated heterocycles. The fourth-order valence-corrected chi connectivity index (χ4v) is 40.1. The number of ketones is 2. The van der Waals surface area contributed by atoms with Gasteiger partial charge in [-0.15, -0.1) is 48.0 Å². The molecule has 21 heteroatoms. The number of hydrogen-bond acceptors (Lipinski definition) is 14. The average molecular weight is 2400 g/mol. The molecular formula is C96H134I7O14-. The number of allylic oxidation sites excluding steroid dienone is 2. The molecule has 117 heavy (non-hydrogen) atoms. The van der Waals surface area contributed by atoms with E-state index in [-0.39, 0.29) is 145 Å². The molecule has 6 N–H and O–H groups in total. The van der Waals surface area contributed by atoms with Gasteiger partial charge in [0.15, 0.2) is 11.6 Å². The van der Waals surface area contributed by atoms with Crippen LogP contribution in [0.15, 0.2) is 23.3 Å². The first-order valence-corrected chi connectivity index (χ1v) is 65.8. The van der Waals surface area contributed by atoms with Crippen LogP contribution < -0.4 is 13.3 Å². The first-order chi connectivity index (χ1) is 54.7. The Bertz CT molecular complexity index is 4080. The Morgan fingerprint density at radius 1 is 0.385 bits per heavy atom. The van der Waals surface area contributed by atoms with Gasteiger partial charge in [-0.3, -0.25) is 24.0 Å². The summed E-state index contributed by atoms with van der Waals surface area (Å²) in [6.45, 7) is 19.7. The Labute approximate surface area is 783 Å². The van der Waals surface area contributed by atoms with Crippen LogP contribution in [0.4, 0.5) is 0 Å². The van der Waals surface area contributed by atoms with E-state index in [1.54, 1.807) is 0 Å². The van der Waals surface area contributed by atoms with Crippen LogP contribution in [-0.2, 0) is 38.2 Å². The normalized spacial score (nSPS) is 61.1. The molecule has 3 spiro atoms. The van der Waals surface area contributed by atoms with Crippen molar-refractivity contribution in [3.05, 3.63) is 23.3 Å². The molecule has 652 valence electrons. The van der Waals surface area contributed by atoms with Crippen molar-refractivity contribution in [2.75, 3.05) is 6.61 Å². The van der Waals surface area contributed by atoms with Gasteiger partial charge < -0.3 is 44.8 Å². The van der Waals surface area contributed by atoms with Crippen LogP contribution in [0, 0.1) is 209 Å². The molecule has 27 rings (SSSR count). The maximum absolute atomic E-state index is 12.2. The summed E-state index contributed by atoms with van der Waals surface area (Å²) >= 11 is 9.54. The van der Waals surface area contributed by atoms with Gasteiger partial charge in [-0.25, -0.2) is 0 Å². The topological polar surface area (TPSA) is 234 Å². The number of halogens is 7. The van der Waals surface area contributed by atoms with E-state index in [4.69, 9.17) is 14.2 Å². The molecule has 0 amide bonds. The maximum atomic E-state index is 12.2. The molecule has 3 aliphatic heterocycles. The molecule has 0 bridgehead atoms. The van der Waals surface area contributed by atoms with E-state index in [0.717, 1.165) is 181 Å². The van der Waals surface area contributed by atoms with Crippen LogP contribution in [0.25, 0.3) is 0 Å². The Balaban J connectivity index is 0.0000000979. The van der Waals surface area contributed by atoms with Gasteiger partial charge in [-0.1, -0.05) is 66.5 Å². The summed E-state index contributed by atoms with van der Waals surface area (Å²) in [5.41, 5.74) is 1.57. The van der Waals surface area contributed by atoms with Gasteiger partial charge in [0.2, 0.25) is 0 Å². The van der Waals surface area contributed by atoms with Gasteiger partial charge in [-0.05, 0) is 361 Å². The SMILES string of the molecule is C[C@]12CCC(=O)C=C1[C@@H]1C[C@@H]1C1C2CC[C@@]2(C)C1[C@@H]1C[C@@H]1[C@@]21CCC(=O)O1.C[C@]12CCC(=O)C=C1[C@@H]1C[C@@H]1C1C2CC[C@@]2(C)C1[C@@H]1C[C@@H]1[C@@]21CCC(=O)O1.C[C@]12CCC3C(C1[C@@H]1C[C@@H]1[C@@]2(O)CCCO)[C@H]1C[C@H]1[C@]1(O)C[C@@H](O)CC[C@]31C.C[C@]12CCC3C(C1[C@@H]1C[C@@H]1[C@@]21CCC(=O)O1)[C@H]1C[C@H]1[C@]1(O)C[C@@H](O)CC[C@]31C.I.I.II.I[I-]I. The van der Waals surface area contributed by atoms with Gasteiger partial charge in [0.05, 0.1) is 29.0 Å². The minimum atomic E-state index is -0.682. The Hall–Kier alpha value is 2.10. The zero-order chi connectivity index (χ0) is 80.4. The van der Waals surface area contributed by atoms with E-state index in [1.807, 2.05) is 0 Å². The minimum absolute atomic E-state index is 0. The van der Waals surface area contributed by atoms with Crippen LogP contribution in [0.3, 0.4) is 0 Å². The van der Waals surface area contributed by atoms with Gasteiger partial charge in [0.1, 0.15) is 16.8 Å². The van der Waals surface area contributed by atoms with Crippen LogP contribution in [0.2, 0.25) is 0 Å². The van der Waals surface area contributed by atoms with E-state index < -0.39 is 16.8 Å². The van der Waals surface area contributed by atoms with E-state index in [2.05, 4.69) is 142 Å². The van der Waals surface area contributed by atoms with Crippen molar-refractivity contribution >= 4 is 152 Å². The second-order valence-corrected chi connectivity index (χ2v) is 63.8. The summed E-state index contributed by atoms with van der Waals surface area (Å²) in [7, 11) is 0. The van der Waals surface area contributed by atoms with Crippen molar-refractivity contribution in [1.82, 2.24) is 0 Å². The monoisotopic (exact) mass is 2400 g/mol. The molecule has 12 unspecified atom stereocenters. The fourth-order valence-electron chi connectivity index (χ4n) is 40.1. The van der Waals surface area contributed by atoms with Crippen molar-refractivity contribution in [2.24, 2.45) is 209 Å². The van der Waals surface area contributed by atoms with Gasteiger partial charge in [-0.2, -0.15) is 0 Å². The molecule has 0 aromatic rings. The number of aliphatic hydroxyl groups excluding tert-OH is 3. The standard InChI is InChI=1S/C24H34O4.C24H38O4.2C24H30O3.I3.I2.2HI/c1-21-6-3-12(25)11-23(21,27)16-9-13(16)19-15(21)4-7-22(2)20(19)14-10-17(14)24(22)8-5-18(26)28-24;1-21-7-4-13(26)12-24(21,28)17-10-14(17)19-16(21)5-8-22(2)20(19)15-11-18(15)23(22,27)6-3-9-25;2*1-22-6-3-12(25)9-17(22)13-10-14(13)20-16(22)4-7-23(2)21(20)15-11-18(15)24(23)8-5-19(26)27-24;1-3-2;1-2;;/h12-17,19-20,25,27H,3-11H2,1-2H3;13-20,25-28H,3-12H2,1-2H3;2*9,13-16,18,20-21H,3-8,10-11H2,1-2H3;;;2*1H/q;;;;-1;;;/t12-,13-,14+,15?,16+,17-,19?,20?,21+,22-,23+,24-;13-,14-,15+,16?,17+,18-,19?,20?,21+,22-,23-,24+;2*13-,14+,15-,16?,18+,20?,21?,22-,23+,24+;;;;/m0011..../s1. The zero-order valence-corrected chi connectivity index (χ0v) is 85.8. The summed E-state index contributed by atoms with van der Waals surface area (Å²) in [6, 6.07) is 0. The third-order valence-corrected chi connectivity index (χ3v) is 45.0. The van der Waals surface area contributed by atoms with E-state index >= 15 is 0 Å². The van der Waals surface area contributed by atoms with Crippen LogP contribution in [0.1, 0.15) is 274 Å². The number of fused-ring (bicyclic) bond motifs is 46.